The van der Waals surface area contributed by atoms with Crippen molar-refractivity contribution in [3.63, 3.8) is 0 Å². The summed E-state index contributed by atoms with van der Waals surface area (Å²) < 4.78 is 0. The van der Waals surface area contributed by atoms with Crippen LogP contribution in [-0.4, -0.2) is 11.5 Å². The lowest BCUT2D eigenvalue weighted by molar-refractivity contribution is 0.896. The fourth-order valence-electron chi connectivity index (χ4n) is 2.14. The van der Waals surface area contributed by atoms with E-state index in [0.717, 1.165) is 12.8 Å². The van der Waals surface area contributed by atoms with Crippen molar-refractivity contribution in [2.24, 2.45) is 5.73 Å². The van der Waals surface area contributed by atoms with Crippen molar-refractivity contribution >= 4 is 0 Å². The highest BCUT2D eigenvalue weighted by molar-refractivity contribution is 5.71. The third-order valence-electron chi connectivity index (χ3n) is 2.95. The first-order valence-corrected chi connectivity index (χ1v) is 6.02. The van der Waals surface area contributed by atoms with Gasteiger partial charge in [0.25, 0.3) is 0 Å². The average molecular weight is 236 g/mol. The van der Waals surface area contributed by atoms with Crippen molar-refractivity contribution in [3.8, 4) is 23.5 Å². The van der Waals surface area contributed by atoms with Crippen LogP contribution in [0.3, 0.4) is 0 Å². The molecule has 90 valence electrons. The van der Waals surface area contributed by atoms with E-state index in [9.17, 15) is 0 Å². The van der Waals surface area contributed by atoms with E-state index in [1.165, 1.54) is 22.4 Å². The van der Waals surface area contributed by atoms with Crippen LogP contribution in [0.25, 0.3) is 11.1 Å². The lowest BCUT2D eigenvalue weighted by Gasteiger charge is -2.17. The van der Waals surface area contributed by atoms with Crippen LogP contribution < -0.4 is 5.73 Å². The van der Waals surface area contributed by atoms with E-state index in [-0.39, 0.29) is 0 Å². The van der Waals surface area contributed by atoms with E-state index in [4.69, 9.17) is 5.73 Å². The van der Waals surface area contributed by atoms with Crippen LogP contribution in [0.4, 0.5) is 0 Å². The van der Waals surface area contributed by atoms with E-state index in [0.29, 0.717) is 6.54 Å². The molecule has 2 heteroatoms. The molecule has 0 atom stereocenters. The maximum absolute atomic E-state index is 4.79. The maximum Gasteiger partial charge on any atom is 0.0548 e. The van der Waals surface area contributed by atoms with Crippen LogP contribution in [0.2, 0.25) is 0 Å². The summed E-state index contributed by atoms with van der Waals surface area (Å²) in [6.07, 6.45) is 8.74. The van der Waals surface area contributed by atoms with Crippen LogP contribution in [0.15, 0.2) is 42.6 Å². The Morgan fingerprint density at radius 3 is 2.61 bits per heavy atom. The van der Waals surface area contributed by atoms with Gasteiger partial charge in [0.05, 0.1) is 6.54 Å². The Kier molecular flexibility index (Phi) is 4.11. The minimum absolute atomic E-state index is 0.347. The molecule has 0 saturated carbocycles. The molecule has 0 amide bonds. The molecule has 1 aliphatic rings. The monoisotopic (exact) mass is 236 g/mol. The molecular weight excluding hydrogens is 220 g/mol. The fraction of sp³-hybridized carbons (Fsp3) is 0.188. The van der Waals surface area contributed by atoms with Crippen LogP contribution in [-0.2, 0) is 12.8 Å². The molecule has 0 aliphatic heterocycles. The number of terminal acetylenes is 1. The summed E-state index contributed by atoms with van der Waals surface area (Å²) in [5.74, 6) is 2.21. The second-order valence-electron chi connectivity index (χ2n) is 4.06. The van der Waals surface area contributed by atoms with E-state index in [1.54, 1.807) is 0 Å². The first-order valence-electron chi connectivity index (χ1n) is 6.02. The summed E-state index contributed by atoms with van der Waals surface area (Å²) >= 11 is 0. The average Bonchev–Trinajstić information content (AvgIpc) is 2.47. The number of aryl methyl sites for hydroxylation is 2. The van der Waals surface area contributed by atoms with Gasteiger partial charge in [-0.25, -0.2) is 0 Å². The fourth-order valence-corrected chi connectivity index (χ4v) is 2.14. The zero-order chi connectivity index (χ0) is 12.8. The van der Waals surface area contributed by atoms with E-state index in [2.05, 4.69) is 47.7 Å². The van der Waals surface area contributed by atoms with Crippen molar-refractivity contribution in [2.45, 2.75) is 12.8 Å². The summed E-state index contributed by atoms with van der Waals surface area (Å²) in [6, 6.07) is 12.8. The van der Waals surface area contributed by atoms with E-state index in [1.807, 2.05) is 12.3 Å². The summed E-state index contributed by atoms with van der Waals surface area (Å²) in [5.41, 5.74) is 10.2. The minimum Gasteiger partial charge on any atom is -0.320 e. The number of fused-ring (bicyclic) bond motifs is 3. The molecule has 1 aliphatic carbocycles. The molecule has 18 heavy (non-hydrogen) atoms. The highest BCUT2D eigenvalue weighted by Crippen LogP contribution is 2.31. The summed E-state index contributed by atoms with van der Waals surface area (Å²) in [7, 11) is 0. The predicted octanol–water partition coefficient (Wildman–Crippen LogP) is 2.43. The quantitative estimate of drug-likeness (QED) is 0.713. The minimum atomic E-state index is 0.347. The Labute approximate surface area is 108 Å². The van der Waals surface area contributed by atoms with Crippen LogP contribution in [0, 0.1) is 12.3 Å². The number of benzene rings is 1. The highest BCUT2D eigenvalue weighted by Gasteiger charge is 2.14. The highest BCUT2D eigenvalue weighted by atomic mass is 14.7. The normalized spacial score (nSPS) is 11.3. The third-order valence-corrected chi connectivity index (χ3v) is 2.95. The topological polar surface area (TPSA) is 38.9 Å². The summed E-state index contributed by atoms with van der Waals surface area (Å²) in [6.45, 7) is 0.347. The predicted molar refractivity (Wildman–Crippen MR) is 75.0 cm³/mol. The number of nitrogens with zero attached hydrogens (tertiary/aromatic N) is 1. The number of aromatic nitrogens is 1. The number of hydrogen-bond acceptors (Lipinski definition) is 2. The van der Waals surface area contributed by atoms with Gasteiger partial charge in [-0.05, 0) is 30.0 Å². The second-order valence-corrected chi connectivity index (χ2v) is 4.06. The van der Waals surface area contributed by atoms with Crippen LogP contribution in [0.5, 0.6) is 0 Å². The van der Waals surface area contributed by atoms with Crippen molar-refractivity contribution in [2.75, 3.05) is 6.54 Å². The second kappa shape index (κ2) is 6.00. The lowest BCUT2D eigenvalue weighted by atomic mass is 9.89. The van der Waals surface area contributed by atoms with Gasteiger partial charge in [0.1, 0.15) is 0 Å². The standard InChI is InChI=1S/C13H11N.C3H5N/c1-2-5-11-10(4-1)7-8-13-12(11)6-3-9-14-13;1-2-3-4/h1-6,9H,7-8H2;1H,3-4H2. The molecule has 1 aromatic carbocycles. The Morgan fingerprint density at radius 2 is 1.83 bits per heavy atom. The van der Waals surface area contributed by atoms with Crippen molar-refractivity contribution < 1.29 is 0 Å². The van der Waals surface area contributed by atoms with Gasteiger partial charge in [-0.15, -0.1) is 6.42 Å². The first-order chi connectivity index (χ1) is 8.86. The Balaban J connectivity index is 0.000000267. The Bertz CT molecular complexity index is 522. The van der Waals surface area contributed by atoms with Gasteiger partial charge in [0, 0.05) is 17.5 Å². The largest absolute Gasteiger partial charge is 0.320 e. The molecular formula is C16H16N2. The number of pyridine rings is 1. The molecule has 2 aromatic rings. The number of hydrogen-bond donors (Lipinski definition) is 1. The molecule has 1 heterocycles. The molecule has 2 N–H and O–H groups in total. The van der Waals surface area contributed by atoms with E-state index >= 15 is 0 Å². The number of nitrogens with two attached hydrogens (primary N) is 1. The zero-order valence-electron chi connectivity index (χ0n) is 10.3. The molecule has 0 saturated heterocycles. The zero-order valence-corrected chi connectivity index (χ0v) is 10.3. The van der Waals surface area contributed by atoms with Gasteiger partial charge in [-0.1, -0.05) is 36.3 Å². The molecule has 0 radical (unpaired) electrons. The molecule has 0 fully saturated rings. The molecule has 1 aromatic heterocycles. The number of rotatable bonds is 0. The van der Waals surface area contributed by atoms with Crippen LogP contribution in [0.1, 0.15) is 11.3 Å². The summed E-state index contributed by atoms with van der Waals surface area (Å²) in [4.78, 5) is 4.42. The van der Waals surface area contributed by atoms with Gasteiger partial charge in [0.2, 0.25) is 0 Å². The van der Waals surface area contributed by atoms with Gasteiger partial charge < -0.3 is 5.73 Å². The Hall–Kier alpha value is -2.11. The molecule has 0 bridgehead atoms. The summed E-state index contributed by atoms with van der Waals surface area (Å²) in [5, 5.41) is 0. The third kappa shape index (κ3) is 2.58. The van der Waals surface area contributed by atoms with Gasteiger partial charge in [-0.3, -0.25) is 4.98 Å². The smallest absolute Gasteiger partial charge is 0.0548 e. The Morgan fingerprint density at radius 1 is 1.11 bits per heavy atom. The maximum atomic E-state index is 4.79. The van der Waals surface area contributed by atoms with Gasteiger partial charge in [-0.2, -0.15) is 0 Å². The van der Waals surface area contributed by atoms with Crippen molar-refractivity contribution in [1.82, 2.24) is 4.98 Å². The molecule has 0 spiro atoms. The first kappa shape index (κ1) is 12.3. The van der Waals surface area contributed by atoms with Gasteiger partial charge in [0.15, 0.2) is 0 Å². The molecule has 3 rings (SSSR count). The van der Waals surface area contributed by atoms with Crippen molar-refractivity contribution in [3.05, 3.63) is 53.9 Å². The molecule has 0 unspecified atom stereocenters. The molecule has 2 nitrogen and oxygen atoms in total. The van der Waals surface area contributed by atoms with E-state index < -0.39 is 0 Å². The van der Waals surface area contributed by atoms with Gasteiger partial charge >= 0.3 is 0 Å². The van der Waals surface area contributed by atoms with Crippen molar-refractivity contribution in [1.29, 1.82) is 0 Å². The SMILES string of the molecule is C#CCN.c1ccc2c(c1)CCc1ncccc1-2. The lowest BCUT2D eigenvalue weighted by Crippen LogP contribution is -2.05. The van der Waals surface area contributed by atoms with Crippen LogP contribution >= 0.6 is 0 Å².